The van der Waals surface area contributed by atoms with Gasteiger partial charge in [-0.1, -0.05) is 12.1 Å². The molecule has 0 atom stereocenters. The Bertz CT molecular complexity index is 567. The van der Waals surface area contributed by atoms with Crippen LogP contribution in [0.15, 0.2) is 42.7 Å². The zero-order valence-corrected chi connectivity index (χ0v) is 8.98. The molecule has 0 fully saturated rings. The standard InChI is InChI=1S/C12H7F3N2O/c13-12(14,15)10-3-1-2-8(6-10)11(18)9-4-5-16-17-7-9/h1-7H. The molecule has 0 unspecified atom stereocenters. The van der Waals surface area contributed by atoms with Crippen LogP contribution in [0.1, 0.15) is 21.5 Å². The Kier molecular flexibility index (Phi) is 3.10. The molecule has 1 aromatic heterocycles. The SMILES string of the molecule is O=C(c1ccnnc1)c1cccc(C(F)(F)F)c1. The van der Waals surface area contributed by atoms with Gasteiger partial charge in [0.15, 0.2) is 5.78 Å². The van der Waals surface area contributed by atoms with Crippen LogP contribution in [0.3, 0.4) is 0 Å². The molecule has 92 valence electrons. The molecule has 0 aliphatic carbocycles. The number of carbonyl (C=O) groups is 1. The highest BCUT2D eigenvalue weighted by Gasteiger charge is 2.30. The summed E-state index contributed by atoms with van der Waals surface area (Å²) in [5.74, 6) is -0.518. The number of ketones is 1. The minimum atomic E-state index is -4.47. The quantitative estimate of drug-likeness (QED) is 0.772. The number of rotatable bonds is 2. The second kappa shape index (κ2) is 4.56. The van der Waals surface area contributed by atoms with E-state index in [4.69, 9.17) is 0 Å². The number of alkyl halides is 3. The molecule has 0 spiro atoms. The maximum Gasteiger partial charge on any atom is 0.416 e. The molecule has 0 saturated heterocycles. The molecule has 0 saturated carbocycles. The summed E-state index contributed by atoms with van der Waals surface area (Å²) in [6.45, 7) is 0. The Labute approximate surface area is 100 Å². The minimum Gasteiger partial charge on any atom is -0.289 e. The van der Waals surface area contributed by atoms with E-state index in [1.807, 2.05) is 0 Å². The van der Waals surface area contributed by atoms with Crippen LogP contribution in [0, 0.1) is 0 Å². The Hall–Kier alpha value is -2.24. The van der Waals surface area contributed by atoms with Gasteiger partial charge in [0.1, 0.15) is 0 Å². The summed E-state index contributed by atoms with van der Waals surface area (Å²) in [6.07, 6.45) is -1.95. The smallest absolute Gasteiger partial charge is 0.289 e. The monoisotopic (exact) mass is 252 g/mol. The van der Waals surface area contributed by atoms with Crippen molar-refractivity contribution in [2.45, 2.75) is 6.18 Å². The molecule has 0 aliphatic heterocycles. The molecule has 0 aliphatic rings. The van der Waals surface area contributed by atoms with Gasteiger partial charge in [-0.15, -0.1) is 0 Å². The summed E-state index contributed by atoms with van der Waals surface area (Å²) in [5.41, 5.74) is -0.683. The van der Waals surface area contributed by atoms with Gasteiger partial charge >= 0.3 is 6.18 Å². The third-order valence-electron chi connectivity index (χ3n) is 2.30. The Balaban J connectivity index is 2.38. The van der Waals surface area contributed by atoms with Gasteiger partial charge in [-0.3, -0.25) is 4.79 Å². The lowest BCUT2D eigenvalue weighted by molar-refractivity contribution is -0.137. The van der Waals surface area contributed by atoms with Crippen LogP contribution in [-0.4, -0.2) is 16.0 Å². The van der Waals surface area contributed by atoms with Crippen LogP contribution in [0.4, 0.5) is 13.2 Å². The van der Waals surface area contributed by atoms with Crippen molar-refractivity contribution in [3.05, 3.63) is 59.4 Å². The highest BCUT2D eigenvalue weighted by Crippen LogP contribution is 2.29. The van der Waals surface area contributed by atoms with E-state index in [1.54, 1.807) is 0 Å². The van der Waals surface area contributed by atoms with Gasteiger partial charge in [0.05, 0.1) is 18.0 Å². The van der Waals surface area contributed by atoms with Crippen molar-refractivity contribution in [2.24, 2.45) is 0 Å². The lowest BCUT2D eigenvalue weighted by atomic mass is 10.0. The molecule has 1 aromatic carbocycles. The van der Waals surface area contributed by atoms with Crippen LogP contribution < -0.4 is 0 Å². The van der Waals surface area contributed by atoms with Crippen LogP contribution >= 0.6 is 0 Å². The third-order valence-corrected chi connectivity index (χ3v) is 2.30. The second-order valence-electron chi connectivity index (χ2n) is 3.54. The summed E-state index contributed by atoms with van der Waals surface area (Å²) in [5, 5.41) is 7.01. The fourth-order valence-corrected chi connectivity index (χ4v) is 1.43. The first-order chi connectivity index (χ1) is 8.48. The van der Waals surface area contributed by atoms with Gasteiger partial charge in [0.2, 0.25) is 0 Å². The first-order valence-electron chi connectivity index (χ1n) is 4.97. The zero-order chi connectivity index (χ0) is 13.2. The van der Waals surface area contributed by atoms with Gasteiger partial charge < -0.3 is 0 Å². The van der Waals surface area contributed by atoms with E-state index in [0.717, 1.165) is 12.1 Å². The van der Waals surface area contributed by atoms with Crippen LogP contribution in [0.5, 0.6) is 0 Å². The van der Waals surface area contributed by atoms with E-state index in [9.17, 15) is 18.0 Å². The summed E-state index contributed by atoms with van der Waals surface area (Å²) in [4.78, 5) is 11.9. The van der Waals surface area contributed by atoms with Crippen molar-refractivity contribution in [3.63, 3.8) is 0 Å². The van der Waals surface area contributed by atoms with Crippen molar-refractivity contribution in [3.8, 4) is 0 Å². The Morgan fingerprint density at radius 2 is 1.83 bits per heavy atom. The normalized spacial score (nSPS) is 11.3. The average molecular weight is 252 g/mol. The number of hydrogen-bond donors (Lipinski definition) is 0. The molecule has 2 aromatic rings. The lowest BCUT2D eigenvalue weighted by Gasteiger charge is -2.07. The fraction of sp³-hybridized carbons (Fsp3) is 0.0833. The molecule has 0 radical (unpaired) electrons. The summed E-state index contributed by atoms with van der Waals surface area (Å²) in [6, 6.07) is 5.67. The van der Waals surface area contributed by atoms with E-state index in [-0.39, 0.29) is 11.1 Å². The van der Waals surface area contributed by atoms with Crippen molar-refractivity contribution >= 4 is 5.78 Å². The number of benzene rings is 1. The van der Waals surface area contributed by atoms with Gasteiger partial charge in [0, 0.05) is 11.1 Å². The number of carbonyl (C=O) groups excluding carboxylic acids is 1. The number of nitrogens with zero attached hydrogens (tertiary/aromatic N) is 2. The molecular weight excluding hydrogens is 245 g/mol. The van der Waals surface area contributed by atoms with E-state index >= 15 is 0 Å². The van der Waals surface area contributed by atoms with Gasteiger partial charge in [-0.05, 0) is 18.2 Å². The van der Waals surface area contributed by atoms with Gasteiger partial charge in [0.25, 0.3) is 0 Å². The predicted octanol–water partition coefficient (Wildman–Crippen LogP) is 2.73. The summed E-state index contributed by atoms with van der Waals surface area (Å²) in [7, 11) is 0. The first kappa shape index (κ1) is 12.2. The lowest BCUT2D eigenvalue weighted by Crippen LogP contribution is -2.08. The molecule has 6 heteroatoms. The highest BCUT2D eigenvalue weighted by atomic mass is 19.4. The zero-order valence-electron chi connectivity index (χ0n) is 8.98. The van der Waals surface area contributed by atoms with Crippen molar-refractivity contribution in [1.29, 1.82) is 0 Å². The van der Waals surface area contributed by atoms with E-state index < -0.39 is 17.5 Å². The van der Waals surface area contributed by atoms with Crippen LogP contribution in [0.25, 0.3) is 0 Å². The minimum absolute atomic E-state index is 0.0298. The van der Waals surface area contributed by atoms with E-state index in [0.29, 0.717) is 0 Å². The summed E-state index contributed by atoms with van der Waals surface area (Å²) < 4.78 is 37.5. The topological polar surface area (TPSA) is 42.9 Å². The van der Waals surface area contributed by atoms with Gasteiger partial charge in [-0.25, -0.2) is 0 Å². The molecular formula is C12H7F3N2O. The molecule has 0 bridgehead atoms. The number of hydrogen-bond acceptors (Lipinski definition) is 3. The van der Waals surface area contributed by atoms with Gasteiger partial charge in [-0.2, -0.15) is 23.4 Å². The molecule has 0 N–H and O–H groups in total. The molecule has 1 heterocycles. The maximum absolute atomic E-state index is 12.5. The largest absolute Gasteiger partial charge is 0.416 e. The van der Waals surface area contributed by atoms with E-state index in [2.05, 4.69) is 10.2 Å². The molecule has 0 amide bonds. The molecule has 2 rings (SSSR count). The van der Waals surface area contributed by atoms with Crippen LogP contribution in [-0.2, 0) is 6.18 Å². The number of aromatic nitrogens is 2. The predicted molar refractivity (Wildman–Crippen MR) is 56.9 cm³/mol. The van der Waals surface area contributed by atoms with E-state index in [1.165, 1.54) is 30.6 Å². The van der Waals surface area contributed by atoms with Crippen molar-refractivity contribution < 1.29 is 18.0 Å². The summed E-state index contributed by atoms with van der Waals surface area (Å²) >= 11 is 0. The Morgan fingerprint density at radius 1 is 1.06 bits per heavy atom. The van der Waals surface area contributed by atoms with Crippen LogP contribution in [0.2, 0.25) is 0 Å². The first-order valence-corrected chi connectivity index (χ1v) is 4.97. The maximum atomic E-state index is 12.5. The fourth-order valence-electron chi connectivity index (χ4n) is 1.43. The molecule has 3 nitrogen and oxygen atoms in total. The highest BCUT2D eigenvalue weighted by molar-refractivity contribution is 6.08. The Morgan fingerprint density at radius 3 is 2.44 bits per heavy atom. The van der Waals surface area contributed by atoms with Crippen molar-refractivity contribution in [2.75, 3.05) is 0 Å². The molecule has 18 heavy (non-hydrogen) atoms. The van der Waals surface area contributed by atoms with Crippen molar-refractivity contribution in [1.82, 2.24) is 10.2 Å². The third kappa shape index (κ3) is 2.53. The second-order valence-corrected chi connectivity index (χ2v) is 3.54. The number of halogens is 3. The average Bonchev–Trinajstić information content (AvgIpc) is 2.38.